The van der Waals surface area contributed by atoms with E-state index in [-0.39, 0.29) is 0 Å². The van der Waals surface area contributed by atoms with Gasteiger partial charge in [0.1, 0.15) is 0 Å². The molecule has 3 rings (SSSR count). The summed E-state index contributed by atoms with van der Waals surface area (Å²) >= 11 is 15.9. The SMILES string of the molecule is CNc1cc(C2CC2)nc2c(Cl)c(Cl)c(Br)cc12. The topological polar surface area (TPSA) is 24.9 Å². The second-order valence-corrected chi connectivity index (χ2v) is 6.11. The van der Waals surface area contributed by atoms with Gasteiger partial charge in [0.15, 0.2) is 0 Å². The lowest BCUT2D eigenvalue weighted by molar-refractivity contribution is 1.04. The highest BCUT2D eigenvalue weighted by atomic mass is 79.9. The Morgan fingerprint density at radius 1 is 1.28 bits per heavy atom. The summed E-state index contributed by atoms with van der Waals surface area (Å²) in [4.78, 5) is 4.67. The lowest BCUT2D eigenvalue weighted by atomic mass is 10.1. The molecule has 94 valence electrons. The lowest BCUT2D eigenvalue weighted by Crippen LogP contribution is -1.96. The molecule has 1 N–H and O–H groups in total. The molecule has 1 saturated carbocycles. The van der Waals surface area contributed by atoms with Crippen LogP contribution in [0.15, 0.2) is 16.6 Å². The number of anilines is 1. The third-order valence-electron chi connectivity index (χ3n) is 3.22. The fourth-order valence-corrected chi connectivity index (χ4v) is 3.01. The van der Waals surface area contributed by atoms with Crippen LogP contribution in [0.4, 0.5) is 5.69 Å². The molecule has 0 amide bonds. The molecule has 0 radical (unpaired) electrons. The first-order chi connectivity index (χ1) is 8.61. The maximum atomic E-state index is 6.31. The number of hydrogen-bond donors (Lipinski definition) is 1. The lowest BCUT2D eigenvalue weighted by Gasteiger charge is -2.11. The first-order valence-electron chi connectivity index (χ1n) is 5.77. The Hall–Kier alpha value is -0.510. The Kier molecular flexibility index (Phi) is 3.16. The van der Waals surface area contributed by atoms with Crippen LogP contribution in [0.1, 0.15) is 24.5 Å². The van der Waals surface area contributed by atoms with Gasteiger partial charge in [-0.1, -0.05) is 23.2 Å². The van der Waals surface area contributed by atoms with Crippen LogP contribution in [-0.4, -0.2) is 12.0 Å². The molecule has 0 bridgehead atoms. The summed E-state index contributed by atoms with van der Waals surface area (Å²) in [5, 5.41) is 5.23. The van der Waals surface area contributed by atoms with Gasteiger partial charge in [0.25, 0.3) is 0 Å². The largest absolute Gasteiger partial charge is 0.388 e. The fraction of sp³-hybridized carbons (Fsp3) is 0.308. The van der Waals surface area contributed by atoms with Crippen molar-refractivity contribution in [3.8, 4) is 0 Å². The predicted molar refractivity (Wildman–Crippen MR) is 81.0 cm³/mol. The van der Waals surface area contributed by atoms with Crippen molar-refractivity contribution in [3.05, 3.63) is 32.3 Å². The van der Waals surface area contributed by atoms with Crippen molar-refractivity contribution in [3.63, 3.8) is 0 Å². The van der Waals surface area contributed by atoms with Gasteiger partial charge in [-0.05, 0) is 40.9 Å². The van der Waals surface area contributed by atoms with Crippen LogP contribution < -0.4 is 5.32 Å². The van der Waals surface area contributed by atoms with Gasteiger partial charge in [0.2, 0.25) is 0 Å². The minimum Gasteiger partial charge on any atom is -0.388 e. The zero-order chi connectivity index (χ0) is 12.9. The molecular weight excluding hydrogens is 335 g/mol. The summed E-state index contributed by atoms with van der Waals surface area (Å²) in [7, 11) is 1.90. The Labute approximate surface area is 124 Å². The van der Waals surface area contributed by atoms with Crippen molar-refractivity contribution in [2.24, 2.45) is 0 Å². The van der Waals surface area contributed by atoms with E-state index in [9.17, 15) is 0 Å². The molecule has 0 atom stereocenters. The number of fused-ring (bicyclic) bond motifs is 1. The molecule has 0 unspecified atom stereocenters. The van der Waals surface area contributed by atoms with Gasteiger partial charge in [-0.3, -0.25) is 4.98 Å². The first kappa shape index (κ1) is 12.5. The zero-order valence-corrected chi connectivity index (χ0v) is 12.8. The van der Waals surface area contributed by atoms with E-state index in [2.05, 4.69) is 32.3 Å². The van der Waals surface area contributed by atoms with E-state index in [0.717, 1.165) is 26.8 Å². The molecule has 1 aromatic heterocycles. The van der Waals surface area contributed by atoms with Gasteiger partial charge in [-0.2, -0.15) is 0 Å². The van der Waals surface area contributed by atoms with Crippen LogP contribution in [0.3, 0.4) is 0 Å². The molecule has 2 aromatic rings. The molecular formula is C13H11BrCl2N2. The number of benzene rings is 1. The third kappa shape index (κ3) is 1.98. The maximum absolute atomic E-state index is 6.31. The second-order valence-electron chi connectivity index (χ2n) is 4.50. The minimum atomic E-state index is 0.514. The van der Waals surface area contributed by atoms with Crippen molar-refractivity contribution in [1.82, 2.24) is 4.98 Å². The minimum absolute atomic E-state index is 0.514. The summed E-state index contributed by atoms with van der Waals surface area (Å²) in [6.45, 7) is 0. The van der Waals surface area contributed by atoms with Crippen molar-refractivity contribution in [1.29, 1.82) is 0 Å². The summed E-state index contributed by atoms with van der Waals surface area (Å²) in [6.07, 6.45) is 2.42. The summed E-state index contributed by atoms with van der Waals surface area (Å²) < 4.78 is 0.791. The van der Waals surface area contributed by atoms with Crippen molar-refractivity contribution >= 4 is 55.7 Å². The van der Waals surface area contributed by atoms with E-state index in [4.69, 9.17) is 23.2 Å². The molecule has 18 heavy (non-hydrogen) atoms. The molecule has 1 aliphatic rings. The van der Waals surface area contributed by atoms with Gasteiger partial charge >= 0.3 is 0 Å². The van der Waals surface area contributed by atoms with Crippen molar-refractivity contribution in [2.45, 2.75) is 18.8 Å². The number of nitrogens with zero attached hydrogens (tertiary/aromatic N) is 1. The van der Waals surface area contributed by atoms with Crippen LogP contribution in [0.2, 0.25) is 10.0 Å². The Bertz CT molecular complexity index is 639. The number of halogens is 3. The Balaban J connectivity index is 2.35. The molecule has 2 nitrogen and oxygen atoms in total. The molecule has 5 heteroatoms. The van der Waals surface area contributed by atoms with E-state index < -0.39 is 0 Å². The second kappa shape index (κ2) is 4.55. The van der Waals surface area contributed by atoms with Crippen LogP contribution >= 0.6 is 39.1 Å². The van der Waals surface area contributed by atoms with Crippen LogP contribution in [0.5, 0.6) is 0 Å². The Morgan fingerprint density at radius 3 is 2.61 bits per heavy atom. The highest BCUT2D eigenvalue weighted by Crippen LogP contribution is 2.44. The molecule has 1 aromatic carbocycles. The van der Waals surface area contributed by atoms with Crippen molar-refractivity contribution < 1.29 is 0 Å². The van der Waals surface area contributed by atoms with Gasteiger partial charge in [-0.25, -0.2) is 0 Å². The van der Waals surface area contributed by atoms with Crippen LogP contribution in [0, 0.1) is 0 Å². The third-order valence-corrected chi connectivity index (χ3v) is 4.94. The Morgan fingerprint density at radius 2 is 2.00 bits per heavy atom. The standard InChI is InChI=1S/C13H11BrCl2N2/c1-17-10-5-9(6-2-3-6)18-13-7(10)4-8(14)11(15)12(13)16/h4-6H,2-3H2,1H3,(H,17,18). The molecule has 1 fully saturated rings. The number of nitrogens with one attached hydrogen (secondary N) is 1. The van der Waals surface area contributed by atoms with Crippen LogP contribution in [0.25, 0.3) is 10.9 Å². The van der Waals surface area contributed by atoms with Gasteiger partial charge < -0.3 is 5.32 Å². The normalized spacial score (nSPS) is 15.1. The van der Waals surface area contributed by atoms with Gasteiger partial charge in [0, 0.05) is 34.2 Å². The summed E-state index contributed by atoms with van der Waals surface area (Å²) in [5.41, 5.74) is 2.92. The predicted octanol–water partition coefficient (Wildman–Crippen LogP) is 5.22. The molecule has 1 heterocycles. The van der Waals surface area contributed by atoms with Crippen molar-refractivity contribution in [2.75, 3.05) is 12.4 Å². The highest BCUT2D eigenvalue weighted by molar-refractivity contribution is 9.10. The van der Waals surface area contributed by atoms with E-state index in [1.165, 1.54) is 12.8 Å². The van der Waals surface area contributed by atoms with E-state index >= 15 is 0 Å². The number of aromatic nitrogens is 1. The summed E-state index contributed by atoms with van der Waals surface area (Å²) in [5.74, 6) is 0.583. The highest BCUT2D eigenvalue weighted by Gasteiger charge is 2.26. The monoisotopic (exact) mass is 344 g/mol. The van der Waals surface area contributed by atoms with Crippen LogP contribution in [-0.2, 0) is 0 Å². The summed E-state index contributed by atoms with van der Waals surface area (Å²) in [6, 6.07) is 4.07. The fourth-order valence-electron chi connectivity index (χ4n) is 2.08. The first-order valence-corrected chi connectivity index (χ1v) is 7.32. The average Bonchev–Trinajstić information content (AvgIpc) is 3.19. The van der Waals surface area contributed by atoms with E-state index in [1.807, 2.05) is 13.1 Å². The number of rotatable bonds is 2. The van der Waals surface area contributed by atoms with Gasteiger partial charge in [-0.15, -0.1) is 0 Å². The number of pyridine rings is 1. The maximum Gasteiger partial charge on any atom is 0.0928 e. The van der Waals surface area contributed by atoms with Gasteiger partial charge in [0.05, 0.1) is 15.6 Å². The molecule has 1 aliphatic carbocycles. The molecule has 0 spiro atoms. The average molecular weight is 346 g/mol. The molecule has 0 aliphatic heterocycles. The molecule has 0 saturated heterocycles. The smallest absolute Gasteiger partial charge is 0.0928 e. The quantitative estimate of drug-likeness (QED) is 0.754. The number of hydrogen-bond acceptors (Lipinski definition) is 2. The zero-order valence-electron chi connectivity index (χ0n) is 9.73. The van der Waals surface area contributed by atoms with E-state index in [0.29, 0.717) is 16.0 Å². The van der Waals surface area contributed by atoms with E-state index in [1.54, 1.807) is 0 Å².